The molecule has 0 atom stereocenters. The largest absolute Gasteiger partial charge is 0.478 e. The number of piperazine rings is 1. The molecule has 0 saturated carbocycles. The number of carbonyl (C=O) groups excluding carboxylic acids is 1. The first-order valence-corrected chi connectivity index (χ1v) is 9.16. The molecule has 1 saturated heterocycles. The number of nitrogens with zero attached hydrogens (tertiary/aromatic N) is 3. The van der Waals surface area contributed by atoms with Crippen molar-refractivity contribution in [2.75, 3.05) is 42.9 Å². The van der Waals surface area contributed by atoms with Crippen LogP contribution >= 0.6 is 0 Å². The summed E-state index contributed by atoms with van der Waals surface area (Å²) in [5.41, 5.74) is 1.76. The standard InChI is InChI=1S/C21H22N4O3/c22-9-4-10-24-11-13-25(14-12-24)19-8-7-17(15-18(19)21(27)28)23-20(26)16-5-2-1-3-6-16/h1-3,5-8,15H,4,10-14H2,(H,23,26)(H,27,28). The molecule has 7 nitrogen and oxygen atoms in total. The summed E-state index contributed by atoms with van der Waals surface area (Å²) in [5, 5.41) is 21.1. The Morgan fingerprint density at radius 3 is 2.43 bits per heavy atom. The van der Waals surface area contributed by atoms with Gasteiger partial charge < -0.3 is 15.3 Å². The fourth-order valence-electron chi connectivity index (χ4n) is 3.27. The molecule has 28 heavy (non-hydrogen) atoms. The lowest BCUT2D eigenvalue weighted by Crippen LogP contribution is -2.47. The Morgan fingerprint density at radius 1 is 1.07 bits per heavy atom. The first kappa shape index (κ1) is 19.4. The number of carbonyl (C=O) groups is 2. The molecule has 1 fully saturated rings. The molecule has 0 bridgehead atoms. The Morgan fingerprint density at radius 2 is 1.79 bits per heavy atom. The van der Waals surface area contributed by atoms with Gasteiger partial charge in [0.2, 0.25) is 0 Å². The molecule has 0 aromatic heterocycles. The number of aromatic carboxylic acids is 1. The quantitative estimate of drug-likeness (QED) is 0.802. The number of carboxylic acids is 1. The first-order chi connectivity index (χ1) is 13.6. The van der Waals surface area contributed by atoms with Gasteiger partial charge in [0.25, 0.3) is 5.91 Å². The maximum Gasteiger partial charge on any atom is 0.337 e. The number of hydrogen-bond acceptors (Lipinski definition) is 5. The van der Waals surface area contributed by atoms with Crippen LogP contribution in [0.4, 0.5) is 11.4 Å². The molecule has 3 rings (SSSR count). The summed E-state index contributed by atoms with van der Waals surface area (Å²) < 4.78 is 0. The molecule has 1 aliphatic rings. The van der Waals surface area contributed by atoms with Crippen LogP contribution < -0.4 is 10.2 Å². The summed E-state index contributed by atoms with van der Waals surface area (Å²) in [6.07, 6.45) is 0.496. The van der Waals surface area contributed by atoms with Crippen molar-refractivity contribution in [2.24, 2.45) is 0 Å². The van der Waals surface area contributed by atoms with Crippen LogP contribution in [0.2, 0.25) is 0 Å². The Labute approximate surface area is 163 Å². The second kappa shape index (κ2) is 9.02. The lowest BCUT2D eigenvalue weighted by Gasteiger charge is -2.36. The monoisotopic (exact) mass is 378 g/mol. The van der Waals surface area contributed by atoms with Crippen LogP contribution in [-0.4, -0.2) is 54.6 Å². The maximum absolute atomic E-state index is 12.3. The summed E-state index contributed by atoms with van der Waals surface area (Å²) in [7, 11) is 0. The molecule has 2 aromatic carbocycles. The zero-order valence-electron chi connectivity index (χ0n) is 15.5. The fraction of sp³-hybridized carbons (Fsp3) is 0.286. The summed E-state index contributed by atoms with van der Waals surface area (Å²) in [6.45, 7) is 3.70. The van der Waals surface area contributed by atoms with Crippen LogP contribution in [-0.2, 0) is 0 Å². The van der Waals surface area contributed by atoms with Crippen molar-refractivity contribution in [1.82, 2.24) is 4.90 Å². The van der Waals surface area contributed by atoms with Gasteiger partial charge in [0.1, 0.15) is 0 Å². The Balaban J connectivity index is 1.72. The molecule has 0 aliphatic carbocycles. The second-order valence-electron chi connectivity index (χ2n) is 6.59. The molecular formula is C21H22N4O3. The van der Waals surface area contributed by atoms with Gasteiger partial charge in [-0.05, 0) is 30.3 Å². The van der Waals surface area contributed by atoms with Gasteiger partial charge in [-0.1, -0.05) is 18.2 Å². The van der Waals surface area contributed by atoms with E-state index in [4.69, 9.17) is 5.26 Å². The van der Waals surface area contributed by atoms with Crippen LogP contribution in [0.1, 0.15) is 27.1 Å². The predicted molar refractivity (Wildman–Crippen MR) is 107 cm³/mol. The topological polar surface area (TPSA) is 96.7 Å². The summed E-state index contributed by atoms with van der Waals surface area (Å²) >= 11 is 0. The molecule has 144 valence electrons. The summed E-state index contributed by atoms with van der Waals surface area (Å²) in [6, 6.07) is 15.9. The van der Waals surface area contributed by atoms with Gasteiger partial charge in [0, 0.05) is 50.4 Å². The lowest BCUT2D eigenvalue weighted by atomic mass is 10.1. The van der Waals surface area contributed by atoms with Gasteiger partial charge in [-0.15, -0.1) is 0 Å². The third-order valence-electron chi connectivity index (χ3n) is 4.77. The Hall–Kier alpha value is -3.37. The summed E-state index contributed by atoms with van der Waals surface area (Å²) in [5.74, 6) is -1.31. The van der Waals surface area contributed by atoms with Gasteiger partial charge in [-0.2, -0.15) is 5.26 Å². The minimum atomic E-state index is -1.03. The zero-order valence-corrected chi connectivity index (χ0v) is 15.5. The van der Waals surface area contributed by atoms with Gasteiger partial charge in [0.15, 0.2) is 0 Å². The zero-order chi connectivity index (χ0) is 19.9. The molecule has 1 amide bonds. The van der Waals surface area contributed by atoms with Crippen molar-refractivity contribution in [1.29, 1.82) is 5.26 Å². The minimum Gasteiger partial charge on any atom is -0.478 e. The normalized spacial score (nSPS) is 14.3. The highest BCUT2D eigenvalue weighted by Gasteiger charge is 2.22. The average Bonchev–Trinajstić information content (AvgIpc) is 2.73. The highest BCUT2D eigenvalue weighted by Crippen LogP contribution is 2.26. The second-order valence-corrected chi connectivity index (χ2v) is 6.59. The predicted octanol–water partition coefficient (Wildman–Crippen LogP) is 2.67. The molecular weight excluding hydrogens is 356 g/mol. The highest BCUT2D eigenvalue weighted by molar-refractivity contribution is 6.05. The van der Waals surface area contributed by atoms with Crippen molar-refractivity contribution in [2.45, 2.75) is 6.42 Å². The Bertz CT molecular complexity index is 884. The van der Waals surface area contributed by atoms with Crippen molar-refractivity contribution in [3.05, 3.63) is 59.7 Å². The molecule has 1 heterocycles. The molecule has 0 unspecified atom stereocenters. The van der Waals surface area contributed by atoms with Crippen LogP contribution in [0.15, 0.2) is 48.5 Å². The smallest absolute Gasteiger partial charge is 0.337 e. The highest BCUT2D eigenvalue weighted by atomic mass is 16.4. The fourth-order valence-corrected chi connectivity index (χ4v) is 3.27. The summed E-state index contributed by atoms with van der Waals surface area (Å²) in [4.78, 5) is 28.3. The number of nitriles is 1. The SMILES string of the molecule is N#CCCN1CCN(c2ccc(NC(=O)c3ccccc3)cc2C(=O)O)CC1. The molecule has 0 spiro atoms. The van der Waals surface area contributed by atoms with E-state index in [2.05, 4.69) is 16.3 Å². The van der Waals surface area contributed by atoms with E-state index in [1.807, 2.05) is 11.0 Å². The van der Waals surface area contributed by atoms with Crippen molar-refractivity contribution in [3.8, 4) is 6.07 Å². The molecule has 7 heteroatoms. The molecule has 2 aromatic rings. The molecule has 1 aliphatic heterocycles. The number of amides is 1. The first-order valence-electron chi connectivity index (χ1n) is 9.16. The number of hydrogen-bond donors (Lipinski definition) is 2. The van der Waals surface area contributed by atoms with Gasteiger partial charge in [-0.3, -0.25) is 9.69 Å². The van der Waals surface area contributed by atoms with E-state index in [1.54, 1.807) is 36.4 Å². The number of rotatable bonds is 6. The van der Waals surface area contributed by atoms with E-state index in [1.165, 1.54) is 6.07 Å². The average molecular weight is 378 g/mol. The maximum atomic E-state index is 12.3. The van der Waals surface area contributed by atoms with Crippen LogP contribution in [0.5, 0.6) is 0 Å². The molecule has 0 radical (unpaired) electrons. The van der Waals surface area contributed by atoms with E-state index in [-0.39, 0.29) is 11.5 Å². The van der Waals surface area contributed by atoms with E-state index < -0.39 is 5.97 Å². The van der Waals surface area contributed by atoms with E-state index in [9.17, 15) is 14.7 Å². The number of benzene rings is 2. The van der Waals surface area contributed by atoms with Gasteiger partial charge in [-0.25, -0.2) is 4.79 Å². The van der Waals surface area contributed by atoms with Crippen molar-refractivity contribution < 1.29 is 14.7 Å². The third kappa shape index (κ3) is 4.67. The minimum absolute atomic E-state index is 0.163. The Kier molecular flexibility index (Phi) is 6.25. The van der Waals surface area contributed by atoms with E-state index in [0.29, 0.717) is 36.4 Å². The van der Waals surface area contributed by atoms with Gasteiger partial charge >= 0.3 is 5.97 Å². The van der Waals surface area contributed by atoms with E-state index >= 15 is 0 Å². The van der Waals surface area contributed by atoms with Crippen molar-refractivity contribution >= 4 is 23.3 Å². The van der Waals surface area contributed by atoms with Gasteiger partial charge in [0.05, 0.1) is 17.3 Å². The molecule has 2 N–H and O–H groups in total. The number of nitrogens with one attached hydrogen (secondary N) is 1. The number of anilines is 2. The van der Waals surface area contributed by atoms with Crippen molar-refractivity contribution in [3.63, 3.8) is 0 Å². The number of carboxylic acid groups (broad SMARTS) is 1. The van der Waals surface area contributed by atoms with Crippen LogP contribution in [0.3, 0.4) is 0 Å². The van der Waals surface area contributed by atoms with Crippen LogP contribution in [0.25, 0.3) is 0 Å². The van der Waals surface area contributed by atoms with E-state index in [0.717, 1.165) is 19.6 Å². The lowest BCUT2D eigenvalue weighted by molar-refractivity contribution is 0.0697. The van der Waals surface area contributed by atoms with Crippen LogP contribution in [0, 0.1) is 11.3 Å². The third-order valence-corrected chi connectivity index (χ3v) is 4.77.